The molecule has 0 aliphatic carbocycles. The lowest BCUT2D eigenvalue weighted by Gasteiger charge is -2.16. The topological polar surface area (TPSA) is 17.1 Å². The average molecular weight is 300 g/mol. The Morgan fingerprint density at radius 2 is 1.09 bits per heavy atom. The molecule has 0 heterocycles. The standard InChI is InChI=1S/C22H20O/c1-16(2)22(23)21-19(17-10-5-3-6-11-17)14-9-15-20(21)18-12-7-4-8-13-18/h3-16H,1-2H3. The molecule has 0 unspecified atom stereocenters. The first kappa shape index (κ1) is 15.2. The molecule has 0 saturated heterocycles. The van der Waals surface area contributed by atoms with E-state index in [0.29, 0.717) is 0 Å². The van der Waals surface area contributed by atoms with E-state index in [4.69, 9.17) is 0 Å². The second-order valence-electron chi connectivity index (χ2n) is 5.98. The van der Waals surface area contributed by atoms with Crippen molar-refractivity contribution in [1.82, 2.24) is 0 Å². The highest BCUT2D eigenvalue weighted by Gasteiger charge is 2.20. The zero-order valence-electron chi connectivity index (χ0n) is 13.5. The first-order valence-electron chi connectivity index (χ1n) is 7.96. The van der Waals surface area contributed by atoms with Crippen molar-refractivity contribution in [3.05, 3.63) is 84.4 Å². The third kappa shape index (κ3) is 3.09. The van der Waals surface area contributed by atoms with Crippen molar-refractivity contribution in [1.29, 1.82) is 0 Å². The number of carbonyl (C=O) groups excluding carboxylic acids is 1. The second-order valence-corrected chi connectivity index (χ2v) is 5.98. The van der Waals surface area contributed by atoms with Crippen LogP contribution >= 0.6 is 0 Å². The summed E-state index contributed by atoms with van der Waals surface area (Å²) in [7, 11) is 0. The van der Waals surface area contributed by atoms with E-state index in [0.717, 1.165) is 27.8 Å². The van der Waals surface area contributed by atoms with Crippen LogP contribution in [-0.2, 0) is 0 Å². The average Bonchev–Trinajstić information content (AvgIpc) is 2.62. The van der Waals surface area contributed by atoms with Gasteiger partial charge < -0.3 is 0 Å². The lowest BCUT2D eigenvalue weighted by atomic mass is 9.86. The monoisotopic (exact) mass is 300 g/mol. The van der Waals surface area contributed by atoms with Gasteiger partial charge in [-0.3, -0.25) is 4.79 Å². The van der Waals surface area contributed by atoms with Crippen LogP contribution in [0.25, 0.3) is 22.3 Å². The summed E-state index contributed by atoms with van der Waals surface area (Å²) in [4.78, 5) is 12.9. The van der Waals surface area contributed by atoms with Crippen molar-refractivity contribution in [2.24, 2.45) is 5.92 Å². The Kier molecular flexibility index (Phi) is 4.38. The number of hydrogen-bond acceptors (Lipinski definition) is 1. The summed E-state index contributed by atoms with van der Waals surface area (Å²) >= 11 is 0. The van der Waals surface area contributed by atoms with E-state index in [1.165, 1.54) is 0 Å². The highest BCUT2D eigenvalue weighted by atomic mass is 16.1. The van der Waals surface area contributed by atoms with Crippen LogP contribution in [0.4, 0.5) is 0 Å². The summed E-state index contributed by atoms with van der Waals surface area (Å²) in [5.41, 5.74) is 4.99. The molecule has 3 aromatic carbocycles. The lowest BCUT2D eigenvalue weighted by molar-refractivity contribution is 0.0940. The Balaban J connectivity index is 2.27. The highest BCUT2D eigenvalue weighted by molar-refractivity contribution is 6.08. The van der Waals surface area contributed by atoms with Gasteiger partial charge in [-0.25, -0.2) is 0 Å². The van der Waals surface area contributed by atoms with Gasteiger partial charge in [-0.2, -0.15) is 0 Å². The molecule has 0 radical (unpaired) electrons. The summed E-state index contributed by atoms with van der Waals surface area (Å²) in [5, 5.41) is 0. The maximum absolute atomic E-state index is 12.9. The molecule has 0 fully saturated rings. The predicted molar refractivity (Wildman–Crippen MR) is 96.5 cm³/mol. The van der Waals surface area contributed by atoms with Crippen molar-refractivity contribution in [3.63, 3.8) is 0 Å². The summed E-state index contributed by atoms with van der Waals surface area (Å²) in [6, 6.07) is 26.4. The molecule has 0 spiro atoms. The molecule has 0 aromatic heterocycles. The van der Waals surface area contributed by atoms with Crippen LogP contribution in [-0.4, -0.2) is 5.78 Å². The number of ketones is 1. The number of benzene rings is 3. The molecule has 0 atom stereocenters. The zero-order chi connectivity index (χ0) is 16.2. The fraction of sp³-hybridized carbons (Fsp3) is 0.136. The minimum Gasteiger partial charge on any atom is -0.294 e. The lowest BCUT2D eigenvalue weighted by Crippen LogP contribution is -2.11. The molecule has 3 rings (SSSR count). The van der Waals surface area contributed by atoms with E-state index < -0.39 is 0 Å². The highest BCUT2D eigenvalue weighted by Crippen LogP contribution is 2.34. The minimum atomic E-state index is -0.0395. The maximum Gasteiger partial charge on any atom is 0.166 e. The van der Waals surface area contributed by atoms with Crippen molar-refractivity contribution >= 4 is 5.78 Å². The molecule has 1 nitrogen and oxygen atoms in total. The smallest absolute Gasteiger partial charge is 0.166 e. The van der Waals surface area contributed by atoms with Gasteiger partial charge in [0, 0.05) is 11.5 Å². The van der Waals surface area contributed by atoms with Gasteiger partial charge in [0.1, 0.15) is 0 Å². The van der Waals surface area contributed by atoms with Crippen molar-refractivity contribution in [2.45, 2.75) is 13.8 Å². The second kappa shape index (κ2) is 6.62. The van der Waals surface area contributed by atoms with E-state index in [-0.39, 0.29) is 11.7 Å². The van der Waals surface area contributed by atoms with Crippen LogP contribution in [0.2, 0.25) is 0 Å². The minimum absolute atomic E-state index is 0.0395. The van der Waals surface area contributed by atoms with Gasteiger partial charge in [0.25, 0.3) is 0 Å². The zero-order valence-corrected chi connectivity index (χ0v) is 13.5. The molecule has 0 aliphatic rings. The molecule has 0 amide bonds. The van der Waals surface area contributed by atoms with Crippen LogP contribution in [0.3, 0.4) is 0 Å². The molecule has 0 aliphatic heterocycles. The van der Waals surface area contributed by atoms with Crippen LogP contribution in [0.5, 0.6) is 0 Å². The Hall–Kier alpha value is -2.67. The van der Waals surface area contributed by atoms with Gasteiger partial charge in [-0.1, -0.05) is 92.7 Å². The summed E-state index contributed by atoms with van der Waals surface area (Å²) in [6.45, 7) is 3.91. The van der Waals surface area contributed by atoms with E-state index in [1.54, 1.807) is 0 Å². The van der Waals surface area contributed by atoms with Gasteiger partial charge >= 0.3 is 0 Å². The normalized spacial score (nSPS) is 10.7. The molecule has 3 aromatic rings. The molecule has 0 bridgehead atoms. The molecular weight excluding hydrogens is 280 g/mol. The SMILES string of the molecule is CC(C)C(=O)c1c(-c2ccccc2)cccc1-c1ccccc1. The van der Waals surface area contributed by atoms with Gasteiger partial charge in [0.15, 0.2) is 5.78 Å². The molecule has 1 heteroatoms. The Morgan fingerprint density at radius 1 is 0.652 bits per heavy atom. The molecule has 114 valence electrons. The van der Waals surface area contributed by atoms with E-state index in [1.807, 2.05) is 68.4 Å². The number of Topliss-reactive ketones (excluding diaryl/α,β-unsaturated/α-hetero) is 1. The van der Waals surface area contributed by atoms with Gasteiger partial charge in [0.2, 0.25) is 0 Å². The van der Waals surface area contributed by atoms with Gasteiger partial charge in [-0.05, 0) is 22.3 Å². The number of rotatable bonds is 4. The Morgan fingerprint density at radius 3 is 1.48 bits per heavy atom. The molecule has 0 saturated carbocycles. The van der Waals surface area contributed by atoms with Crippen molar-refractivity contribution < 1.29 is 4.79 Å². The van der Waals surface area contributed by atoms with Crippen LogP contribution in [0, 0.1) is 5.92 Å². The van der Waals surface area contributed by atoms with Crippen LogP contribution in [0.1, 0.15) is 24.2 Å². The molecule has 23 heavy (non-hydrogen) atoms. The first-order valence-corrected chi connectivity index (χ1v) is 7.96. The van der Waals surface area contributed by atoms with Crippen LogP contribution in [0.15, 0.2) is 78.9 Å². The van der Waals surface area contributed by atoms with Crippen LogP contribution < -0.4 is 0 Å². The summed E-state index contributed by atoms with van der Waals surface area (Å²) in [5.74, 6) is 0.144. The van der Waals surface area contributed by atoms with E-state index >= 15 is 0 Å². The Bertz CT molecular complexity index is 744. The van der Waals surface area contributed by atoms with E-state index in [9.17, 15) is 4.79 Å². The molecule has 0 N–H and O–H groups in total. The van der Waals surface area contributed by atoms with Gasteiger partial charge in [-0.15, -0.1) is 0 Å². The quantitative estimate of drug-likeness (QED) is 0.552. The fourth-order valence-corrected chi connectivity index (χ4v) is 2.82. The first-order chi connectivity index (χ1) is 11.2. The van der Waals surface area contributed by atoms with Crippen molar-refractivity contribution in [3.8, 4) is 22.3 Å². The number of hydrogen-bond donors (Lipinski definition) is 0. The third-order valence-electron chi connectivity index (χ3n) is 4.00. The summed E-state index contributed by atoms with van der Waals surface area (Å²) < 4.78 is 0. The van der Waals surface area contributed by atoms with Gasteiger partial charge in [0.05, 0.1) is 0 Å². The number of carbonyl (C=O) groups is 1. The largest absolute Gasteiger partial charge is 0.294 e. The van der Waals surface area contributed by atoms with E-state index in [2.05, 4.69) is 24.3 Å². The maximum atomic E-state index is 12.9. The Labute approximate surface area is 137 Å². The van der Waals surface area contributed by atoms with Crippen molar-refractivity contribution in [2.75, 3.05) is 0 Å². The summed E-state index contributed by atoms with van der Waals surface area (Å²) in [6.07, 6.45) is 0. The third-order valence-corrected chi connectivity index (χ3v) is 4.00. The predicted octanol–water partition coefficient (Wildman–Crippen LogP) is 5.86. The molecular formula is C22H20O. The fourth-order valence-electron chi connectivity index (χ4n) is 2.82.